The minimum Gasteiger partial charge on any atom is -0.330 e. The zero-order valence-electron chi connectivity index (χ0n) is 15.6. The van der Waals surface area contributed by atoms with Crippen molar-refractivity contribution >= 4 is 36.4 Å². The van der Waals surface area contributed by atoms with E-state index in [4.69, 9.17) is 11.5 Å². The number of halogens is 6. The summed E-state index contributed by atoms with van der Waals surface area (Å²) in [5.41, 5.74) is 10.7. The fourth-order valence-electron chi connectivity index (χ4n) is 2.28. The molecule has 1 amide bonds. The van der Waals surface area contributed by atoms with Gasteiger partial charge in [-0.25, -0.2) is 8.78 Å². The predicted molar refractivity (Wildman–Crippen MR) is 110 cm³/mol. The van der Waals surface area contributed by atoms with Gasteiger partial charge in [0.1, 0.15) is 5.56 Å². The van der Waals surface area contributed by atoms with Crippen molar-refractivity contribution in [1.82, 2.24) is 4.98 Å². The van der Waals surface area contributed by atoms with Crippen LogP contribution in [0.4, 0.5) is 23.2 Å². The first-order chi connectivity index (χ1) is 13.3. The lowest BCUT2D eigenvalue weighted by Crippen LogP contribution is -2.35. The molecule has 0 saturated carbocycles. The second-order valence-electron chi connectivity index (χ2n) is 5.91. The summed E-state index contributed by atoms with van der Waals surface area (Å²) < 4.78 is 53.4. The molecular formula is C19H20Cl2F4N4O. The Morgan fingerprint density at radius 2 is 1.70 bits per heavy atom. The standard InChI is InChI=1S/C19H18F4N4O.2ClH/c20-15-13(16(21)18(23)27-17(15)22)8-7-11-4-3-5-12(10-11)26-19(28)14(25)6-1-2-9-24;;/h3-5,10,14H,1-2,6,9,24-25H2,(H,26,28);2*1H. The SMILES string of the molecule is Cl.Cl.NCCCCC(N)C(=O)Nc1cccc(C#Cc2c(F)c(F)nc(F)c2F)c1. The van der Waals surface area contributed by atoms with Crippen molar-refractivity contribution in [2.45, 2.75) is 25.3 Å². The van der Waals surface area contributed by atoms with Gasteiger partial charge in [0.2, 0.25) is 5.91 Å². The van der Waals surface area contributed by atoms with Crippen LogP contribution < -0.4 is 16.8 Å². The van der Waals surface area contributed by atoms with Crippen molar-refractivity contribution in [3.05, 3.63) is 58.9 Å². The minimum atomic E-state index is -1.78. The van der Waals surface area contributed by atoms with Gasteiger partial charge in [0.25, 0.3) is 11.9 Å². The number of unbranched alkanes of at least 4 members (excludes halogenated alkanes) is 1. The van der Waals surface area contributed by atoms with Crippen LogP contribution in [-0.4, -0.2) is 23.5 Å². The van der Waals surface area contributed by atoms with E-state index in [0.717, 1.165) is 6.42 Å². The summed E-state index contributed by atoms with van der Waals surface area (Å²) in [6.07, 6.45) is 1.95. The van der Waals surface area contributed by atoms with Crippen molar-refractivity contribution in [2.75, 3.05) is 11.9 Å². The molecule has 0 aliphatic carbocycles. The number of anilines is 1. The third-order valence-electron chi connectivity index (χ3n) is 3.77. The van der Waals surface area contributed by atoms with Gasteiger partial charge in [-0.05, 0) is 37.6 Å². The molecule has 2 aromatic rings. The van der Waals surface area contributed by atoms with E-state index in [0.29, 0.717) is 25.1 Å². The number of nitrogens with one attached hydrogen (secondary N) is 1. The molecule has 0 saturated heterocycles. The van der Waals surface area contributed by atoms with Crippen LogP contribution in [-0.2, 0) is 4.79 Å². The number of rotatable bonds is 6. The number of pyridine rings is 1. The van der Waals surface area contributed by atoms with E-state index >= 15 is 0 Å². The number of aromatic nitrogens is 1. The Morgan fingerprint density at radius 3 is 2.30 bits per heavy atom. The van der Waals surface area contributed by atoms with E-state index < -0.39 is 41.0 Å². The quantitative estimate of drug-likeness (QED) is 0.263. The number of amides is 1. The van der Waals surface area contributed by atoms with Gasteiger partial charge in [-0.15, -0.1) is 24.8 Å². The lowest BCUT2D eigenvalue weighted by molar-refractivity contribution is -0.117. The van der Waals surface area contributed by atoms with E-state index in [9.17, 15) is 22.4 Å². The molecule has 1 aromatic carbocycles. The van der Waals surface area contributed by atoms with E-state index in [1.807, 2.05) is 5.92 Å². The molecule has 0 aliphatic heterocycles. The first-order valence-corrected chi connectivity index (χ1v) is 8.42. The zero-order chi connectivity index (χ0) is 20.7. The summed E-state index contributed by atoms with van der Waals surface area (Å²) in [4.78, 5) is 14.5. The van der Waals surface area contributed by atoms with E-state index in [1.165, 1.54) is 12.1 Å². The number of carbonyl (C=O) groups is 1. The maximum Gasteiger partial charge on any atom is 0.253 e. The highest BCUT2D eigenvalue weighted by atomic mass is 35.5. The number of benzene rings is 1. The van der Waals surface area contributed by atoms with E-state index in [-0.39, 0.29) is 30.4 Å². The van der Waals surface area contributed by atoms with Gasteiger partial charge in [0, 0.05) is 11.3 Å². The van der Waals surface area contributed by atoms with Crippen LogP contribution in [0.15, 0.2) is 24.3 Å². The molecule has 1 heterocycles. The normalized spacial score (nSPS) is 10.7. The predicted octanol–water partition coefficient (Wildman–Crippen LogP) is 3.28. The molecule has 30 heavy (non-hydrogen) atoms. The third kappa shape index (κ3) is 7.46. The molecule has 0 radical (unpaired) electrons. The molecule has 2 rings (SSSR count). The Labute approximate surface area is 183 Å². The van der Waals surface area contributed by atoms with Gasteiger partial charge in [-0.3, -0.25) is 4.79 Å². The fourth-order valence-corrected chi connectivity index (χ4v) is 2.28. The van der Waals surface area contributed by atoms with Crippen LogP contribution in [0, 0.1) is 35.4 Å². The Morgan fingerprint density at radius 1 is 1.07 bits per heavy atom. The maximum atomic E-state index is 13.6. The minimum absolute atomic E-state index is 0. The van der Waals surface area contributed by atoms with Crippen LogP contribution in [0.2, 0.25) is 0 Å². The summed E-state index contributed by atoms with van der Waals surface area (Å²) in [6.45, 7) is 0.515. The van der Waals surface area contributed by atoms with Crippen molar-refractivity contribution in [3.63, 3.8) is 0 Å². The number of nitrogens with zero attached hydrogens (tertiary/aromatic N) is 1. The van der Waals surface area contributed by atoms with Gasteiger partial charge >= 0.3 is 0 Å². The molecule has 1 atom stereocenters. The Hall–Kier alpha value is -2.38. The van der Waals surface area contributed by atoms with Gasteiger partial charge in [0.15, 0.2) is 11.6 Å². The monoisotopic (exact) mass is 466 g/mol. The highest BCUT2D eigenvalue weighted by molar-refractivity contribution is 5.94. The summed E-state index contributed by atoms with van der Waals surface area (Å²) in [5.74, 6) is -2.89. The summed E-state index contributed by atoms with van der Waals surface area (Å²) in [6, 6.07) is 5.32. The first-order valence-electron chi connectivity index (χ1n) is 8.42. The molecule has 0 spiro atoms. The smallest absolute Gasteiger partial charge is 0.253 e. The van der Waals surface area contributed by atoms with Crippen LogP contribution in [0.5, 0.6) is 0 Å². The van der Waals surface area contributed by atoms with Crippen molar-refractivity contribution in [3.8, 4) is 11.8 Å². The summed E-state index contributed by atoms with van der Waals surface area (Å²) >= 11 is 0. The highest BCUT2D eigenvalue weighted by Crippen LogP contribution is 2.16. The van der Waals surface area contributed by atoms with E-state index in [1.54, 1.807) is 12.1 Å². The highest BCUT2D eigenvalue weighted by Gasteiger charge is 2.19. The van der Waals surface area contributed by atoms with Crippen LogP contribution in [0.25, 0.3) is 0 Å². The lowest BCUT2D eigenvalue weighted by atomic mass is 10.1. The van der Waals surface area contributed by atoms with Crippen LogP contribution >= 0.6 is 24.8 Å². The Bertz CT molecular complexity index is 908. The van der Waals surface area contributed by atoms with Crippen molar-refractivity contribution in [2.24, 2.45) is 11.5 Å². The average Bonchev–Trinajstić information content (AvgIpc) is 2.67. The topological polar surface area (TPSA) is 94.0 Å². The number of hydrogen-bond acceptors (Lipinski definition) is 4. The number of nitrogens with two attached hydrogens (primary N) is 2. The molecule has 0 fully saturated rings. The Balaban J connectivity index is 0.00000420. The summed E-state index contributed by atoms with van der Waals surface area (Å²) in [5, 5.41) is 2.61. The fraction of sp³-hybridized carbons (Fsp3) is 0.263. The van der Waals surface area contributed by atoms with Crippen molar-refractivity contribution < 1.29 is 22.4 Å². The number of carbonyl (C=O) groups excluding carboxylic acids is 1. The molecule has 11 heteroatoms. The third-order valence-corrected chi connectivity index (χ3v) is 3.77. The molecule has 164 valence electrons. The zero-order valence-corrected chi connectivity index (χ0v) is 17.2. The first kappa shape index (κ1) is 27.6. The second-order valence-corrected chi connectivity index (χ2v) is 5.91. The summed E-state index contributed by atoms with van der Waals surface area (Å²) in [7, 11) is 0. The molecular weight excluding hydrogens is 447 g/mol. The van der Waals surface area contributed by atoms with Gasteiger partial charge < -0.3 is 16.8 Å². The van der Waals surface area contributed by atoms with Gasteiger partial charge in [0.05, 0.1) is 6.04 Å². The molecule has 1 aromatic heterocycles. The largest absolute Gasteiger partial charge is 0.330 e. The molecule has 5 nitrogen and oxygen atoms in total. The lowest BCUT2D eigenvalue weighted by Gasteiger charge is -2.12. The van der Waals surface area contributed by atoms with Gasteiger partial charge in [-0.1, -0.05) is 24.3 Å². The molecule has 0 bridgehead atoms. The molecule has 5 N–H and O–H groups in total. The molecule has 0 aliphatic rings. The maximum absolute atomic E-state index is 13.6. The van der Waals surface area contributed by atoms with Gasteiger partial charge in [-0.2, -0.15) is 13.8 Å². The van der Waals surface area contributed by atoms with Crippen LogP contribution in [0.1, 0.15) is 30.4 Å². The average molecular weight is 467 g/mol. The van der Waals surface area contributed by atoms with E-state index in [2.05, 4.69) is 16.2 Å². The van der Waals surface area contributed by atoms with Crippen LogP contribution in [0.3, 0.4) is 0 Å². The van der Waals surface area contributed by atoms with Crippen molar-refractivity contribution in [1.29, 1.82) is 0 Å². The second kappa shape index (κ2) is 13.0. The molecule has 1 unspecified atom stereocenters. The Kier molecular flexibility index (Phi) is 12.0. The number of hydrogen-bond donors (Lipinski definition) is 3.